The summed E-state index contributed by atoms with van der Waals surface area (Å²) in [6.45, 7) is 3.31. The molecule has 1 aromatic carbocycles. The summed E-state index contributed by atoms with van der Waals surface area (Å²) < 4.78 is 0. The predicted molar refractivity (Wildman–Crippen MR) is 65.1 cm³/mol. The van der Waals surface area contributed by atoms with Gasteiger partial charge in [-0.3, -0.25) is 9.59 Å². The van der Waals surface area contributed by atoms with E-state index in [1.807, 2.05) is 0 Å². The highest BCUT2D eigenvalue weighted by molar-refractivity contribution is 6.06. The average molecular weight is 265 g/mol. The number of carboxylic acid groups (broad SMARTS) is 2. The van der Waals surface area contributed by atoms with Gasteiger partial charge in [-0.05, 0) is 12.1 Å². The molecule has 0 bridgehead atoms. The standard InChI is InChI=1S/C12H11NO6/c1-6(4-10(15)16)11(17)13-7-2-3-8(12(18)19)9(14)5-7/h2-3,5,14H,1,4H2,(H,13,17)(H,15,16)(H,18,19). The van der Waals surface area contributed by atoms with Crippen molar-refractivity contribution < 1.29 is 29.7 Å². The number of carboxylic acids is 2. The second kappa shape index (κ2) is 5.67. The molecule has 19 heavy (non-hydrogen) atoms. The largest absolute Gasteiger partial charge is 0.507 e. The van der Waals surface area contributed by atoms with Crippen molar-refractivity contribution in [2.45, 2.75) is 6.42 Å². The topological polar surface area (TPSA) is 124 Å². The molecule has 0 aliphatic heterocycles. The average Bonchev–Trinajstić information content (AvgIpc) is 2.27. The van der Waals surface area contributed by atoms with E-state index in [-0.39, 0.29) is 16.8 Å². The molecule has 0 aliphatic rings. The highest BCUT2D eigenvalue weighted by Crippen LogP contribution is 2.22. The first kappa shape index (κ1) is 14.2. The van der Waals surface area contributed by atoms with Crippen molar-refractivity contribution >= 4 is 23.5 Å². The number of benzene rings is 1. The van der Waals surface area contributed by atoms with E-state index in [0.29, 0.717) is 0 Å². The Balaban J connectivity index is 2.81. The number of amides is 1. The molecule has 0 aliphatic carbocycles. The molecule has 4 N–H and O–H groups in total. The predicted octanol–water partition coefficient (Wildman–Crippen LogP) is 1.06. The molecular weight excluding hydrogens is 254 g/mol. The van der Waals surface area contributed by atoms with Crippen molar-refractivity contribution in [1.29, 1.82) is 0 Å². The smallest absolute Gasteiger partial charge is 0.339 e. The minimum atomic E-state index is -1.30. The Morgan fingerprint density at radius 2 is 1.84 bits per heavy atom. The first-order valence-corrected chi connectivity index (χ1v) is 5.08. The van der Waals surface area contributed by atoms with Crippen LogP contribution in [0, 0.1) is 0 Å². The van der Waals surface area contributed by atoms with E-state index in [4.69, 9.17) is 10.2 Å². The van der Waals surface area contributed by atoms with Crippen LogP contribution in [-0.4, -0.2) is 33.2 Å². The third-order valence-electron chi connectivity index (χ3n) is 2.17. The number of hydrogen-bond donors (Lipinski definition) is 4. The Morgan fingerprint density at radius 1 is 1.21 bits per heavy atom. The maximum atomic E-state index is 11.5. The van der Waals surface area contributed by atoms with Crippen LogP contribution < -0.4 is 5.32 Å². The molecule has 7 nitrogen and oxygen atoms in total. The number of aromatic hydroxyl groups is 1. The van der Waals surface area contributed by atoms with Gasteiger partial charge in [-0.2, -0.15) is 0 Å². The SMILES string of the molecule is C=C(CC(=O)O)C(=O)Nc1ccc(C(=O)O)c(O)c1. The van der Waals surface area contributed by atoms with Gasteiger partial charge >= 0.3 is 11.9 Å². The summed E-state index contributed by atoms with van der Waals surface area (Å²) >= 11 is 0. The van der Waals surface area contributed by atoms with Crippen LogP contribution in [0.15, 0.2) is 30.4 Å². The van der Waals surface area contributed by atoms with Crippen LogP contribution in [0.4, 0.5) is 5.69 Å². The van der Waals surface area contributed by atoms with Gasteiger partial charge in [0.1, 0.15) is 11.3 Å². The Labute approximate surface area is 107 Å². The van der Waals surface area contributed by atoms with E-state index in [1.54, 1.807) is 0 Å². The highest BCUT2D eigenvalue weighted by atomic mass is 16.4. The van der Waals surface area contributed by atoms with Gasteiger partial charge in [-0.1, -0.05) is 6.58 Å². The lowest BCUT2D eigenvalue weighted by Gasteiger charge is -2.07. The summed E-state index contributed by atoms with van der Waals surface area (Å²) in [6.07, 6.45) is -0.509. The third kappa shape index (κ3) is 3.84. The first-order chi connectivity index (χ1) is 8.81. The molecule has 0 fully saturated rings. The number of aliphatic carboxylic acids is 1. The van der Waals surface area contributed by atoms with Gasteiger partial charge in [0.15, 0.2) is 0 Å². The van der Waals surface area contributed by atoms with Gasteiger partial charge in [0.25, 0.3) is 5.91 Å². The van der Waals surface area contributed by atoms with Gasteiger partial charge in [0.05, 0.1) is 6.42 Å². The molecular formula is C12H11NO6. The number of nitrogens with one attached hydrogen (secondary N) is 1. The molecule has 1 amide bonds. The van der Waals surface area contributed by atoms with Crippen molar-refractivity contribution in [1.82, 2.24) is 0 Å². The summed E-state index contributed by atoms with van der Waals surface area (Å²) in [5.74, 6) is -3.71. The lowest BCUT2D eigenvalue weighted by molar-refractivity contribution is -0.136. The van der Waals surface area contributed by atoms with E-state index in [9.17, 15) is 19.5 Å². The fourth-order valence-corrected chi connectivity index (χ4v) is 1.27. The Kier molecular flexibility index (Phi) is 4.25. The number of rotatable bonds is 5. The fourth-order valence-electron chi connectivity index (χ4n) is 1.27. The van der Waals surface area contributed by atoms with Crippen molar-refractivity contribution in [3.8, 4) is 5.75 Å². The molecule has 0 atom stereocenters. The van der Waals surface area contributed by atoms with E-state index >= 15 is 0 Å². The van der Waals surface area contributed by atoms with Gasteiger partial charge in [-0.15, -0.1) is 0 Å². The fraction of sp³-hybridized carbons (Fsp3) is 0.0833. The molecule has 1 aromatic rings. The minimum Gasteiger partial charge on any atom is -0.507 e. The highest BCUT2D eigenvalue weighted by Gasteiger charge is 2.13. The number of hydrogen-bond acceptors (Lipinski definition) is 4. The number of aromatic carboxylic acids is 1. The van der Waals surface area contributed by atoms with E-state index in [1.165, 1.54) is 6.07 Å². The van der Waals surface area contributed by atoms with Crippen LogP contribution in [0.2, 0.25) is 0 Å². The van der Waals surface area contributed by atoms with Crippen LogP contribution in [0.25, 0.3) is 0 Å². The van der Waals surface area contributed by atoms with Crippen molar-refractivity contribution in [2.24, 2.45) is 0 Å². The van der Waals surface area contributed by atoms with Crippen LogP contribution in [0.1, 0.15) is 16.8 Å². The Hall–Kier alpha value is -2.83. The van der Waals surface area contributed by atoms with Gasteiger partial charge in [-0.25, -0.2) is 4.79 Å². The Morgan fingerprint density at radius 3 is 2.32 bits per heavy atom. The van der Waals surface area contributed by atoms with Crippen molar-refractivity contribution in [2.75, 3.05) is 5.32 Å². The van der Waals surface area contributed by atoms with Crippen LogP contribution in [0.5, 0.6) is 5.75 Å². The van der Waals surface area contributed by atoms with E-state index in [0.717, 1.165) is 12.1 Å². The number of anilines is 1. The van der Waals surface area contributed by atoms with E-state index < -0.39 is 30.0 Å². The number of phenols is 1. The van der Waals surface area contributed by atoms with Crippen LogP contribution in [-0.2, 0) is 9.59 Å². The summed E-state index contributed by atoms with van der Waals surface area (Å²) in [5, 5.41) is 28.9. The molecule has 7 heteroatoms. The zero-order valence-corrected chi connectivity index (χ0v) is 9.71. The first-order valence-electron chi connectivity index (χ1n) is 5.08. The number of carbonyl (C=O) groups excluding carboxylic acids is 1. The zero-order chi connectivity index (χ0) is 14.6. The quantitative estimate of drug-likeness (QED) is 0.590. The lowest BCUT2D eigenvalue weighted by Crippen LogP contribution is -2.16. The Bertz CT molecular complexity index is 563. The summed E-state index contributed by atoms with van der Waals surface area (Å²) in [6, 6.07) is 3.44. The number of carbonyl (C=O) groups is 3. The molecule has 0 saturated heterocycles. The van der Waals surface area contributed by atoms with Gasteiger partial charge in [0.2, 0.25) is 0 Å². The van der Waals surface area contributed by atoms with E-state index in [2.05, 4.69) is 11.9 Å². The molecule has 100 valence electrons. The van der Waals surface area contributed by atoms with Crippen molar-refractivity contribution in [3.63, 3.8) is 0 Å². The monoisotopic (exact) mass is 265 g/mol. The van der Waals surface area contributed by atoms with Gasteiger partial charge in [0, 0.05) is 17.3 Å². The molecule has 0 aromatic heterocycles. The third-order valence-corrected chi connectivity index (χ3v) is 2.17. The maximum absolute atomic E-state index is 11.5. The maximum Gasteiger partial charge on any atom is 0.339 e. The van der Waals surface area contributed by atoms with Crippen LogP contribution >= 0.6 is 0 Å². The minimum absolute atomic E-state index is 0.138. The molecule has 0 spiro atoms. The molecule has 0 saturated carbocycles. The summed E-state index contributed by atoms with van der Waals surface area (Å²) in [4.78, 5) is 32.6. The van der Waals surface area contributed by atoms with Crippen molar-refractivity contribution in [3.05, 3.63) is 35.9 Å². The van der Waals surface area contributed by atoms with Gasteiger partial charge < -0.3 is 20.6 Å². The molecule has 1 rings (SSSR count). The second-order valence-electron chi connectivity index (χ2n) is 3.67. The molecule has 0 unspecified atom stereocenters. The second-order valence-corrected chi connectivity index (χ2v) is 3.67. The zero-order valence-electron chi connectivity index (χ0n) is 9.71. The molecule has 0 radical (unpaired) electrons. The summed E-state index contributed by atoms with van der Waals surface area (Å²) in [7, 11) is 0. The summed E-state index contributed by atoms with van der Waals surface area (Å²) in [5.41, 5.74) is -0.323. The molecule has 0 heterocycles. The normalized spacial score (nSPS) is 9.68. The lowest BCUT2D eigenvalue weighted by atomic mass is 10.1. The van der Waals surface area contributed by atoms with Crippen LogP contribution in [0.3, 0.4) is 0 Å².